The molecule has 2 aliphatic carbocycles. The molecule has 0 saturated heterocycles. The molecule has 10 heavy (non-hydrogen) atoms. The molecule has 58 valence electrons. The van der Waals surface area contributed by atoms with Gasteiger partial charge in [0.1, 0.15) is 0 Å². The van der Waals surface area contributed by atoms with Crippen molar-refractivity contribution < 1.29 is 0 Å². The highest BCUT2D eigenvalue weighted by molar-refractivity contribution is 4.92. The molecule has 0 aromatic heterocycles. The Bertz CT molecular complexity index is 131. The molecule has 0 aromatic rings. The van der Waals surface area contributed by atoms with Crippen molar-refractivity contribution in [3.8, 4) is 0 Å². The van der Waals surface area contributed by atoms with Gasteiger partial charge in [-0.15, -0.1) is 0 Å². The Kier molecular flexibility index (Phi) is 1.48. The molecular formula is C9H17N. The van der Waals surface area contributed by atoms with Crippen LogP contribution in [-0.2, 0) is 0 Å². The fourth-order valence-electron chi connectivity index (χ4n) is 2.94. The minimum Gasteiger partial charge on any atom is -0.328 e. The van der Waals surface area contributed by atoms with Gasteiger partial charge in [-0.2, -0.15) is 0 Å². The van der Waals surface area contributed by atoms with Gasteiger partial charge in [0.05, 0.1) is 0 Å². The Morgan fingerprint density at radius 2 is 2.10 bits per heavy atom. The van der Waals surface area contributed by atoms with Gasteiger partial charge in [-0.05, 0) is 43.9 Å². The molecule has 0 spiro atoms. The van der Waals surface area contributed by atoms with Gasteiger partial charge in [0, 0.05) is 6.04 Å². The molecular weight excluding hydrogens is 122 g/mol. The minimum absolute atomic E-state index is 0.454. The van der Waals surface area contributed by atoms with Gasteiger partial charge in [0.25, 0.3) is 0 Å². The van der Waals surface area contributed by atoms with Crippen LogP contribution in [0.1, 0.15) is 32.6 Å². The van der Waals surface area contributed by atoms with E-state index in [-0.39, 0.29) is 0 Å². The van der Waals surface area contributed by atoms with Crippen molar-refractivity contribution in [3.05, 3.63) is 0 Å². The second kappa shape index (κ2) is 2.23. The zero-order valence-electron chi connectivity index (χ0n) is 6.72. The first-order valence-corrected chi connectivity index (χ1v) is 4.53. The molecule has 2 N–H and O–H groups in total. The zero-order valence-corrected chi connectivity index (χ0v) is 6.72. The second-order valence-electron chi connectivity index (χ2n) is 4.20. The van der Waals surface area contributed by atoms with Gasteiger partial charge in [-0.25, -0.2) is 0 Å². The maximum absolute atomic E-state index is 5.88. The Morgan fingerprint density at radius 1 is 1.30 bits per heavy atom. The average molecular weight is 139 g/mol. The van der Waals surface area contributed by atoms with Crippen molar-refractivity contribution in [2.24, 2.45) is 23.5 Å². The lowest BCUT2D eigenvalue weighted by atomic mass is 9.84. The molecule has 0 amide bonds. The first-order chi connectivity index (χ1) is 4.77. The molecule has 2 saturated carbocycles. The first-order valence-electron chi connectivity index (χ1n) is 4.53. The monoisotopic (exact) mass is 139 g/mol. The Labute approximate surface area is 63.0 Å². The van der Waals surface area contributed by atoms with Gasteiger partial charge in [-0.3, -0.25) is 0 Å². The summed E-state index contributed by atoms with van der Waals surface area (Å²) in [6.45, 7) is 2.17. The number of nitrogens with two attached hydrogens (primary N) is 1. The van der Waals surface area contributed by atoms with Crippen molar-refractivity contribution in [1.29, 1.82) is 0 Å². The largest absolute Gasteiger partial charge is 0.328 e. The lowest BCUT2D eigenvalue weighted by molar-refractivity contribution is 0.293. The minimum atomic E-state index is 0.454. The van der Waals surface area contributed by atoms with E-state index < -0.39 is 0 Å². The van der Waals surface area contributed by atoms with Crippen molar-refractivity contribution in [2.45, 2.75) is 38.6 Å². The summed E-state index contributed by atoms with van der Waals surface area (Å²) in [4.78, 5) is 0. The highest BCUT2D eigenvalue weighted by atomic mass is 14.7. The topological polar surface area (TPSA) is 26.0 Å². The quantitative estimate of drug-likeness (QED) is 0.588. The SMILES string of the molecule is C[C@@H](N)[C@@H]1C[C@H]2CC[C@H]1C2. The third-order valence-electron chi connectivity index (χ3n) is 3.47. The smallest absolute Gasteiger partial charge is 0.00415 e. The van der Waals surface area contributed by atoms with E-state index in [1.54, 1.807) is 0 Å². The average Bonchev–Trinajstić information content (AvgIpc) is 2.44. The van der Waals surface area contributed by atoms with Crippen molar-refractivity contribution in [3.63, 3.8) is 0 Å². The molecule has 2 rings (SSSR count). The Hall–Kier alpha value is -0.0400. The van der Waals surface area contributed by atoms with E-state index in [9.17, 15) is 0 Å². The van der Waals surface area contributed by atoms with Crippen molar-refractivity contribution >= 4 is 0 Å². The van der Waals surface area contributed by atoms with Gasteiger partial charge in [-0.1, -0.05) is 6.42 Å². The van der Waals surface area contributed by atoms with E-state index in [2.05, 4.69) is 6.92 Å². The van der Waals surface area contributed by atoms with Crippen molar-refractivity contribution in [1.82, 2.24) is 0 Å². The lowest BCUT2D eigenvalue weighted by Crippen LogP contribution is -2.30. The van der Waals surface area contributed by atoms with Crippen LogP contribution in [0.3, 0.4) is 0 Å². The van der Waals surface area contributed by atoms with E-state index in [0.717, 1.165) is 17.8 Å². The molecule has 2 bridgehead atoms. The van der Waals surface area contributed by atoms with E-state index in [1.165, 1.54) is 25.7 Å². The predicted octanol–water partition coefficient (Wildman–Crippen LogP) is 1.77. The van der Waals surface area contributed by atoms with Crippen LogP contribution >= 0.6 is 0 Å². The fourth-order valence-corrected chi connectivity index (χ4v) is 2.94. The van der Waals surface area contributed by atoms with Crippen LogP contribution in [0, 0.1) is 17.8 Å². The summed E-state index contributed by atoms with van der Waals surface area (Å²) in [7, 11) is 0. The molecule has 0 unspecified atom stereocenters. The van der Waals surface area contributed by atoms with Crippen LogP contribution in [0.2, 0.25) is 0 Å². The zero-order chi connectivity index (χ0) is 7.14. The summed E-state index contributed by atoms with van der Waals surface area (Å²) in [5.74, 6) is 2.93. The van der Waals surface area contributed by atoms with Crippen LogP contribution in [0.5, 0.6) is 0 Å². The number of fused-ring (bicyclic) bond motifs is 2. The summed E-state index contributed by atoms with van der Waals surface area (Å²) < 4.78 is 0. The highest BCUT2D eigenvalue weighted by Crippen LogP contribution is 2.49. The Morgan fingerprint density at radius 3 is 2.40 bits per heavy atom. The summed E-state index contributed by atoms with van der Waals surface area (Å²) in [5.41, 5.74) is 5.88. The Balaban J connectivity index is 2.02. The summed E-state index contributed by atoms with van der Waals surface area (Å²) in [6, 6.07) is 0.454. The van der Waals surface area contributed by atoms with Gasteiger partial charge in [0.2, 0.25) is 0 Å². The maximum Gasteiger partial charge on any atom is 0.00415 e. The van der Waals surface area contributed by atoms with Crippen LogP contribution in [0.4, 0.5) is 0 Å². The van der Waals surface area contributed by atoms with E-state index in [0.29, 0.717) is 6.04 Å². The highest BCUT2D eigenvalue weighted by Gasteiger charge is 2.40. The van der Waals surface area contributed by atoms with Crippen LogP contribution < -0.4 is 5.73 Å². The normalized spacial score (nSPS) is 48.0. The number of hydrogen-bond acceptors (Lipinski definition) is 1. The standard InChI is InChI=1S/C9H17N/c1-6(10)9-5-7-2-3-8(9)4-7/h6-9H,2-5,10H2,1H3/t6-,7+,8+,9+/m1/s1. The summed E-state index contributed by atoms with van der Waals surface area (Å²) in [5, 5.41) is 0. The molecule has 4 atom stereocenters. The summed E-state index contributed by atoms with van der Waals surface area (Å²) in [6.07, 6.45) is 5.89. The molecule has 1 heteroatoms. The molecule has 0 heterocycles. The molecule has 0 radical (unpaired) electrons. The van der Waals surface area contributed by atoms with Crippen LogP contribution in [0.25, 0.3) is 0 Å². The third kappa shape index (κ3) is 0.878. The van der Waals surface area contributed by atoms with Crippen LogP contribution in [-0.4, -0.2) is 6.04 Å². The molecule has 2 aliphatic rings. The second-order valence-corrected chi connectivity index (χ2v) is 4.20. The molecule has 0 aromatic carbocycles. The van der Waals surface area contributed by atoms with Crippen LogP contribution in [0.15, 0.2) is 0 Å². The molecule has 0 aliphatic heterocycles. The van der Waals surface area contributed by atoms with Gasteiger partial charge < -0.3 is 5.73 Å². The third-order valence-corrected chi connectivity index (χ3v) is 3.47. The first kappa shape index (κ1) is 6.66. The van der Waals surface area contributed by atoms with Gasteiger partial charge >= 0.3 is 0 Å². The van der Waals surface area contributed by atoms with Crippen molar-refractivity contribution in [2.75, 3.05) is 0 Å². The van der Waals surface area contributed by atoms with E-state index >= 15 is 0 Å². The number of hydrogen-bond donors (Lipinski definition) is 1. The van der Waals surface area contributed by atoms with Gasteiger partial charge in [0.15, 0.2) is 0 Å². The fraction of sp³-hybridized carbons (Fsp3) is 1.00. The molecule has 2 fully saturated rings. The van der Waals surface area contributed by atoms with E-state index in [1.807, 2.05) is 0 Å². The number of rotatable bonds is 1. The lowest BCUT2D eigenvalue weighted by Gasteiger charge is -2.24. The molecule has 1 nitrogen and oxygen atoms in total. The predicted molar refractivity (Wildman–Crippen MR) is 42.6 cm³/mol. The summed E-state index contributed by atoms with van der Waals surface area (Å²) >= 11 is 0. The van der Waals surface area contributed by atoms with E-state index in [4.69, 9.17) is 5.73 Å². The maximum atomic E-state index is 5.88.